The summed E-state index contributed by atoms with van der Waals surface area (Å²) in [6, 6.07) is 4.51. The van der Waals surface area contributed by atoms with Crippen LogP contribution in [0, 0.1) is 6.92 Å². The fraction of sp³-hybridized carbons (Fsp3) is 0.364. The van der Waals surface area contributed by atoms with Gasteiger partial charge in [-0.3, -0.25) is 0 Å². The fourth-order valence-electron chi connectivity index (χ4n) is 1.14. The van der Waals surface area contributed by atoms with Crippen molar-refractivity contribution in [3.8, 4) is 11.5 Å². The van der Waals surface area contributed by atoms with E-state index in [1.54, 1.807) is 6.07 Å². The molecule has 0 heterocycles. The van der Waals surface area contributed by atoms with E-state index in [-0.39, 0.29) is 11.9 Å². The molecule has 0 unspecified atom stereocenters. The molecule has 1 rings (SSSR count). The first-order valence-corrected chi connectivity index (χ1v) is 4.56. The Kier molecular flexibility index (Phi) is 3.88. The Bertz CT molecular complexity index is 296. The minimum atomic E-state index is -2.83. The third-order valence-electron chi connectivity index (χ3n) is 1.54. The Morgan fingerprint density at radius 3 is 2.07 bits per heavy atom. The maximum absolute atomic E-state index is 12.0. The lowest BCUT2D eigenvalue weighted by atomic mass is 10.2. The van der Waals surface area contributed by atoms with Crippen molar-refractivity contribution in [3.05, 3.63) is 30.7 Å². The van der Waals surface area contributed by atoms with Crippen LogP contribution in [0.15, 0.2) is 18.2 Å². The summed E-state index contributed by atoms with van der Waals surface area (Å²) < 4.78 is 33.5. The lowest BCUT2D eigenvalue weighted by molar-refractivity contribution is -0.0499. The minimum Gasteiger partial charge on any atom is -0.491 e. The highest BCUT2D eigenvalue weighted by molar-refractivity contribution is 5.39. The van der Waals surface area contributed by atoms with Gasteiger partial charge >= 0.3 is 6.61 Å². The Balaban J connectivity index is 2.84. The molecule has 0 amide bonds. The van der Waals surface area contributed by atoms with Gasteiger partial charge in [0.25, 0.3) is 0 Å². The van der Waals surface area contributed by atoms with Gasteiger partial charge in [0, 0.05) is 6.07 Å². The van der Waals surface area contributed by atoms with Gasteiger partial charge in [-0.25, -0.2) is 0 Å². The molecule has 0 aliphatic rings. The molecule has 1 aromatic rings. The van der Waals surface area contributed by atoms with Crippen LogP contribution in [0.5, 0.6) is 11.5 Å². The van der Waals surface area contributed by atoms with Gasteiger partial charge in [0.15, 0.2) is 0 Å². The van der Waals surface area contributed by atoms with E-state index >= 15 is 0 Å². The molecule has 0 fully saturated rings. The fourth-order valence-corrected chi connectivity index (χ4v) is 1.14. The van der Waals surface area contributed by atoms with E-state index in [4.69, 9.17) is 4.74 Å². The topological polar surface area (TPSA) is 18.5 Å². The predicted molar refractivity (Wildman–Crippen MR) is 53.3 cm³/mol. The van der Waals surface area contributed by atoms with E-state index in [2.05, 4.69) is 11.7 Å². The Morgan fingerprint density at radius 1 is 1.07 bits per heavy atom. The summed E-state index contributed by atoms with van der Waals surface area (Å²) in [4.78, 5) is 0. The predicted octanol–water partition coefficient (Wildman–Crippen LogP) is 3.26. The van der Waals surface area contributed by atoms with Crippen LogP contribution in [0.4, 0.5) is 8.78 Å². The van der Waals surface area contributed by atoms with E-state index in [0.717, 1.165) is 0 Å². The molecule has 15 heavy (non-hydrogen) atoms. The molecule has 0 saturated carbocycles. The maximum atomic E-state index is 12.0. The highest BCUT2D eigenvalue weighted by Gasteiger charge is 2.07. The SMILES string of the molecule is [CH2]c1cc(OC(C)C)cc(OC(F)F)c1. The summed E-state index contributed by atoms with van der Waals surface area (Å²) in [6.45, 7) is 4.52. The summed E-state index contributed by atoms with van der Waals surface area (Å²) in [5.41, 5.74) is 0.573. The van der Waals surface area contributed by atoms with E-state index in [9.17, 15) is 8.78 Å². The van der Waals surface area contributed by atoms with Gasteiger partial charge in [0.2, 0.25) is 0 Å². The number of alkyl halides is 2. The molecule has 0 aromatic heterocycles. The normalized spacial score (nSPS) is 10.9. The standard InChI is InChI=1S/C11H13F2O2/c1-7(2)14-9-4-8(3)5-10(6-9)15-11(12)13/h4-7,11H,3H2,1-2H3. The maximum Gasteiger partial charge on any atom is 0.387 e. The molecule has 0 N–H and O–H groups in total. The highest BCUT2D eigenvalue weighted by atomic mass is 19.3. The van der Waals surface area contributed by atoms with Gasteiger partial charge in [-0.1, -0.05) is 0 Å². The first-order chi connectivity index (χ1) is 6.97. The minimum absolute atomic E-state index is 0.0220. The third kappa shape index (κ3) is 4.14. The quantitative estimate of drug-likeness (QED) is 0.767. The second-order valence-corrected chi connectivity index (χ2v) is 3.36. The Hall–Kier alpha value is -1.32. The second kappa shape index (κ2) is 4.96. The molecule has 0 bridgehead atoms. The van der Waals surface area contributed by atoms with E-state index in [1.807, 2.05) is 13.8 Å². The number of hydrogen-bond donors (Lipinski definition) is 0. The summed E-state index contributed by atoms with van der Waals surface area (Å²) in [5, 5.41) is 0. The van der Waals surface area contributed by atoms with Gasteiger partial charge in [0.1, 0.15) is 11.5 Å². The van der Waals surface area contributed by atoms with Gasteiger partial charge < -0.3 is 9.47 Å². The monoisotopic (exact) mass is 215 g/mol. The number of benzene rings is 1. The molecule has 2 nitrogen and oxygen atoms in total. The van der Waals surface area contributed by atoms with Crippen molar-refractivity contribution in [1.29, 1.82) is 0 Å². The van der Waals surface area contributed by atoms with Crippen molar-refractivity contribution in [2.24, 2.45) is 0 Å². The van der Waals surface area contributed by atoms with Crippen LogP contribution in [0.3, 0.4) is 0 Å². The molecule has 0 aliphatic carbocycles. The first-order valence-electron chi connectivity index (χ1n) is 4.56. The molecule has 0 spiro atoms. The van der Waals surface area contributed by atoms with Crippen molar-refractivity contribution in [2.45, 2.75) is 26.6 Å². The molecule has 83 valence electrons. The zero-order valence-corrected chi connectivity index (χ0v) is 8.67. The summed E-state index contributed by atoms with van der Waals surface area (Å²) in [5.74, 6) is 0.543. The number of halogens is 2. The summed E-state index contributed by atoms with van der Waals surface area (Å²) in [7, 11) is 0. The van der Waals surface area contributed by atoms with Crippen molar-refractivity contribution < 1.29 is 18.3 Å². The Labute approximate surface area is 87.8 Å². The first kappa shape index (κ1) is 11.8. The van der Waals surface area contributed by atoms with Crippen LogP contribution < -0.4 is 9.47 Å². The van der Waals surface area contributed by atoms with Crippen molar-refractivity contribution in [2.75, 3.05) is 0 Å². The van der Waals surface area contributed by atoms with E-state index < -0.39 is 6.61 Å². The number of ether oxygens (including phenoxy) is 2. The molecule has 1 radical (unpaired) electrons. The van der Waals surface area contributed by atoms with Crippen LogP contribution >= 0.6 is 0 Å². The number of rotatable bonds is 4. The van der Waals surface area contributed by atoms with Gasteiger partial charge in [-0.15, -0.1) is 0 Å². The average Bonchev–Trinajstić information content (AvgIpc) is 1.98. The van der Waals surface area contributed by atoms with Crippen molar-refractivity contribution in [3.63, 3.8) is 0 Å². The molecule has 0 saturated heterocycles. The molecule has 1 aromatic carbocycles. The van der Waals surface area contributed by atoms with Crippen LogP contribution in [-0.4, -0.2) is 12.7 Å². The van der Waals surface area contributed by atoms with Gasteiger partial charge in [0.05, 0.1) is 6.10 Å². The van der Waals surface area contributed by atoms with Crippen LogP contribution in [0.1, 0.15) is 19.4 Å². The lowest BCUT2D eigenvalue weighted by Crippen LogP contribution is -2.07. The van der Waals surface area contributed by atoms with Gasteiger partial charge in [-0.2, -0.15) is 8.78 Å². The molecular formula is C11H13F2O2. The van der Waals surface area contributed by atoms with Crippen molar-refractivity contribution >= 4 is 0 Å². The Morgan fingerprint density at radius 2 is 1.60 bits per heavy atom. The largest absolute Gasteiger partial charge is 0.491 e. The highest BCUT2D eigenvalue weighted by Crippen LogP contribution is 2.24. The lowest BCUT2D eigenvalue weighted by Gasteiger charge is -2.12. The average molecular weight is 215 g/mol. The molecular weight excluding hydrogens is 202 g/mol. The zero-order valence-electron chi connectivity index (χ0n) is 8.67. The van der Waals surface area contributed by atoms with E-state index in [1.165, 1.54) is 12.1 Å². The van der Waals surface area contributed by atoms with Crippen LogP contribution in [-0.2, 0) is 0 Å². The zero-order chi connectivity index (χ0) is 11.4. The molecule has 0 aliphatic heterocycles. The number of hydrogen-bond acceptors (Lipinski definition) is 2. The summed E-state index contributed by atoms with van der Waals surface area (Å²) in [6.07, 6.45) is -0.0220. The van der Waals surface area contributed by atoms with Crippen LogP contribution in [0.25, 0.3) is 0 Å². The van der Waals surface area contributed by atoms with Crippen LogP contribution in [0.2, 0.25) is 0 Å². The van der Waals surface area contributed by atoms with Gasteiger partial charge in [-0.05, 0) is 38.5 Å². The van der Waals surface area contributed by atoms with Crippen molar-refractivity contribution in [1.82, 2.24) is 0 Å². The molecule has 0 atom stereocenters. The second-order valence-electron chi connectivity index (χ2n) is 3.36. The smallest absolute Gasteiger partial charge is 0.387 e. The van der Waals surface area contributed by atoms with E-state index in [0.29, 0.717) is 11.3 Å². The summed E-state index contributed by atoms with van der Waals surface area (Å²) >= 11 is 0. The molecule has 4 heteroatoms. The third-order valence-corrected chi connectivity index (χ3v) is 1.54.